The fourth-order valence-corrected chi connectivity index (χ4v) is 1.68. The standard InChI is InChI=1S/C11H10N6O2/c1-19-11-14-10(15-16-11)13-9(18)7-6-12-17-5-3-2-4-8(7)17/h2-6H,1H3,(H2,13,14,15,16,18). The van der Waals surface area contributed by atoms with Crippen LogP contribution in [0.15, 0.2) is 30.6 Å². The second-order valence-electron chi connectivity index (χ2n) is 3.71. The van der Waals surface area contributed by atoms with Gasteiger partial charge in [-0.3, -0.25) is 10.1 Å². The number of hydrogen-bond donors (Lipinski definition) is 2. The number of rotatable bonds is 3. The number of ether oxygens (including phenoxy) is 1. The highest BCUT2D eigenvalue weighted by molar-refractivity contribution is 6.08. The lowest BCUT2D eigenvalue weighted by Gasteiger charge is -1.99. The highest BCUT2D eigenvalue weighted by Crippen LogP contribution is 2.12. The first-order chi connectivity index (χ1) is 9.28. The van der Waals surface area contributed by atoms with Crippen LogP contribution in [0, 0.1) is 0 Å². The van der Waals surface area contributed by atoms with Crippen molar-refractivity contribution >= 4 is 17.4 Å². The molecule has 0 aliphatic heterocycles. The van der Waals surface area contributed by atoms with E-state index in [4.69, 9.17) is 4.74 Å². The highest BCUT2D eigenvalue weighted by Gasteiger charge is 2.14. The van der Waals surface area contributed by atoms with Crippen LogP contribution in [0.4, 0.5) is 5.95 Å². The molecule has 3 rings (SSSR count). The predicted molar refractivity (Wildman–Crippen MR) is 66.1 cm³/mol. The van der Waals surface area contributed by atoms with Gasteiger partial charge >= 0.3 is 6.01 Å². The number of aromatic nitrogens is 5. The Morgan fingerprint density at radius 2 is 2.37 bits per heavy atom. The second kappa shape index (κ2) is 4.41. The first-order valence-corrected chi connectivity index (χ1v) is 5.48. The predicted octanol–water partition coefficient (Wildman–Crippen LogP) is 0.713. The van der Waals surface area contributed by atoms with Gasteiger partial charge in [-0.15, -0.1) is 5.10 Å². The van der Waals surface area contributed by atoms with Crippen molar-refractivity contribution in [2.24, 2.45) is 0 Å². The molecule has 2 N–H and O–H groups in total. The van der Waals surface area contributed by atoms with Gasteiger partial charge in [0.15, 0.2) is 0 Å². The fraction of sp³-hybridized carbons (Fsp3) is 0.0909. The van der Waals surface area contributed by atoms with Crippen LogP contribution in [0.5, 0.6) is 6.01 Å². The minimum atomic E-state index is -0.319. The van der Waals surface area contributed by atoms with Crippen LogP contribution < -0.4 is 10.1 Å². The van der Waals surface area contributed by atoms with E-state index in [0.29, 0.717) is 11.1 Å². The summed E-state index contributed by atoms with van der Waals surface area (Å²) < 4.78 is 6.44. The molecule has 0 atom stereocenters. The monoisotopic (exact) mass is 258 g/mol. The van der Waals surface area contributed by atoms with E-state index >= 15 is 0 Å². The van der Waals surface area contributed by atoms with Crippen LogP contribution in [0.1, 0.15) is 10.4 Å². The summed E-state index contributed by atoms with van der Waals surface area (Å²) in [6.45, 7) is 0. The van der Waals surface area contributed by atoms with Gasteiger partial charge < -0.3 is 4.74 Å². The molecule has 3 aromatic heterocycles. The van der Waals surface area contributed by atoms with E-state index in [1.54, 1.807) is 10.7 Å². The number of carbonyl (C=O) groups is 1. The van der Waals surface area contributed by atoms with Gasteiger partial charge in [-0.2, -0.15) is 10.1 Å². The molecule has 0 bridgehead atoms. The van der Waals surface area contributed by atoms with E-state index in [1.807, 2.05) is 18.2 Å². The van der Waals surface area contributed by atoms with Crippen molar-refractivity contribution in [2.45, 2.75) is 0 Å². The zero-order chi connectivity index (χ0) is 13.2. The zero-order valence-electron chi connectivity index (χ0n) is 9.99. The smallest absolute Gasteiger partial charge is 0.336 e. The number of nitrogens with one attached hydrogen (secondary N) is 2. The lowest BCUT2D eigenvalue weighted by atomic mass is 10.2. The third-order valence-corrected chi connectivity index (χ3v) is 2.55. The first-order valence-electron chi connectivity index (χ1n) is 5.48. The van der Waals surface area contributed by atoms with E-state index in [1.165, 1.54) is 13.3 Å². The number of anilines is 1. The fourth-order valence-electron chi connectivity index (χ4n) is 1.68. The number of amides is 1. The summed E-state index contributed by atoms with van der Waals surface area (Å²) in [6, 6.07) is 5.65. The number of carbonyl (C=O) groups excluding carboxylic acids is 1. The molecular weight excluding hydrogens is 248 g/mol. The topological polar surface area (TPSA) is 97.2 Å². The van der Waals surface area contributed by atoms with Crippen molar-refractivity contribution < 1.29 is 9.53 Å². The third kappa shape index (κ3) is 1.99. The maximum Gasteiger partial charge on any atom is 0.336 e. The molecule has 0 fully saturated rings. The average molecular weight is 258 g/mol. The molecule has 0 saturated carbocycles. The molecule has 0 radical (unpaired) electrons. The number of aromatic amines is 1. The Bertz CT molecular complexity index is 731. The Hall–Kier alpha value is -2.90. The van der Waals surface area contributed by atoms with Gasteiger partial charge in [-0.05, 0) is 12.1 Å². The summed E-state index contributed by atoms with van der Waals surface area (Å²) in [7, 11) is 1.44. The molecule has 19 heavy (non-hydrogen) atoms. The average Bonchev–Trinajstić information content (AvgIpc) is 3.04. The minimum absolute atomic E-state index is 0.162. The van der Waals surface area contributed by atoms with Crippen molar-refractivity contribution in [3.8, 4) is 6.01 Å². The largest absolute Gasteiger partial charge is 0.466 e. The molecule has 3 aromatic rings. The van der Waals surface area contributed by atoms with Crippen molar-refractivity contribution in [1.29, 1.82) is 0 Å². The molecule has 8 heteroatoms. The maximum atomic E-state index is 12.1. The molecule has 0 spiro atoms. The zero-order valence-corrected chi connectivity index (χ0v) is 9.99. The summed E-state index contributed by atoms with van der Waals surface area (Å²) in [5.41, 5.74) is 1.17. The second-order valence-corrected chi connectivity index (χ2v) is 3.71. The van der Waals surface area contributed by atoms with Gasteiger partial charge in [0.25, 0.3) is 5.91 Å². The van der Waals surface area contributed by atoms with Gasteiger partial charge in [-0.1, -0.05) is 6.07 Å². The quantitative estimate of drug-likeness (QED) is 0.721. The number of hydrogen-bond acceptors (Lipinski definition) is 5. The van der Waals surface area contributed by atoms with Crippen LogP contribution in [0.3, 0.4) is 0 Å². The van der Waals surface area contributed by atoms with Gasteiger partial charge in [0.1, 0.15) is 0 Å². The molecule has 0 aliphatic carbocycles. The third-order valence-electron chi connectivity index (χ3n) is 2.55. The molecule has 3 heterocycles. The number of fused-ring (bicyclic) bond motifs is 1. The number of H-pyrrole nitrogens is 1. The Balaban J connectivity index is 1.87. The van der Waals surface area contributed by atoms with Crippen LogP contribution in [-0.2, 0) is 0 Å². The summed E-state index contributed by atoms with van der Waals surface area (Å²) in [5, 5.41) is 13.0. The Labute approximate surface area is 107 Å². The van der Waals surface area contributed by atoms with E-state index in [9.17, 15) is 4.79 Å². The number of pyridine rings is 1. The van der Waals surface area contributed by atoms with Gasteiger partial charge in [0.2, 0.25) is 5.95 Å². The van der Waals surface area contributed by atoms with E-state index in [0.717, 1.165) is 0 Å². The van der Waals surface area contributed by atoms with E-state index < -0.39 is 0 Å². The van der Waals surface area contributed by atoms with Crippen molar-refractivity contribution in [1.82, 2.24) is 24.8 Å². The van der Waals surface area contributed by atoms with E-state index in [2.05, 4.69) is 25.6 Å². The van der Waals surface area contributed by atoms with Crippen molar-refractivity contribution in [2.75, 3.05) is 12.4 Å². The minimum Gasteiger partial charge on any atom is -0.466 e. The van der Waals surface area contributed by atoms with E-state index in [-0.39, 0.29) is 17.9 Å². The Morgan fingerprint density at radius 3 is 3.16 bits per heavy atom. The molecule has 0 aliphatic rings. The van der Waals surface area contributed by atoms with Crippen molar-refractivity contribution in [3.05, 3.63) is 36.2 Å². The van der Waals surface area contributed by atoms with Crippen molar-refractivity contribution in [3.63, 3.8) is 0 Å². The summed E-state index contributed by atoms with van der Waals surface area (Å²) in [4.78, 5) is 16.0. The first kappa shape index (κ1) is 11.2. The van der Waals surface area contributed by atoms with Crippen LogP contribution in [0.2, 0.25) is 0 Å². The van der Waals surface area contributed by atoms with Gasteiger partial charge in [-0.25, -0.2) is 9.61 Å². The molecule has 0 saturated heterocycles. The lowest BCUT2D eigenvalue weighted by Crippen LogP contribution is -2.12. The normalized spacial score (nSPS) is 10.6. The SMILES string of the molecule is COc1n[nH]c(NC(=O)c2cnn3ccccc23)n1. The summed E-state index contributed by atoms with van der Waals surface area (Å²) >= 11 is 0. The highest BCUT2D eigenvalue weighted by atomic mass is 16.5. The number of methoxy groups -OCH3 is 1. The van der Waals surface area contributed by atoms with Gasteiger partial charge in [0, 0.05) is 6.20 Å². The van der Waals surface area contributed by atoms with Gasteiger partial charge in [0.05, 0.1) is 24.4 Å². The Kier molecular flexibility index (Phi) is 2.60. The lowest BCUT2D eigenvalue weighted by molar-refractivity contribution is 0.102. The molecule has 8 nitrogen and oxygen atoms in total. The molecular formula is C11H10N6O2. The van der Waals surface area contributed by atoms with Crippen LogP contribution >= 0.6 is 0 Å². The van der Waals surface area contributed by atoms with Crippen LogP contribution in [0.25, 0.3) is 5.52 Å². The molecule has 96 valence electrons. The van der Waals surface area contributed by atoms with Crippen LogP contribution in [-0.4, -0.2) is 37.8 Å². The summed E-state index contributed by atoms with van der Waals surface area (Å²) in [6.07, 6.45) is 3.27. The molecule has 0 unspecified atom stereocenters. The summed E-state index contributed by atoms with van der Waals surface area (Å²) in [5.74, 6) is -0.0999. The maximum absolute atomic E-state index is 12.1. The molecule has 0 aromatic carbocycles. The molecule has 1 amide bonds. The Morgan fingerprint density at radius 1 is 1.47 bits per heavy atom. The number of nitrogens with zero attached hydrogens (tertiary/aromatic N) is 4.